The lowest BCUT2D eigenvalue weighted by atomic mass is 10.2. The van der Waals surface area contributed by atoms with Crippen molar-refractivity contribution in [1.29, 1.82) is 5.26 Å². The molecule has 0 unspecified atom stereocenters. The molecule has 1 aromatic rings. The Balaban J connectivity index is 1.66. The van der Waals surface area contributed by atoms with E-state index in [0.717, 1.165) is 17.9 Å². The number of thioether (sulfide) groups is 1. The highest BCUT2D eigenvalue weighted by molar-refractivity contribution is 7.99. The van der Waals surface area contributed by atoms with Crippen LogP contribution in [0.4, 0.5) is 0 Å². The molecule has 0 aliphatic carbocycles. The van der Waals surface area contributed by atoms with Crippen molar-refractivity contribution in [2.24, 2.45) is 0 Å². The molecule has 1 aromatic carbocycles. The Bertz CT molecular complexity index is 595. The minimum absolute atomic E-state index is 0.00490. The third kappa shape index (κ3) is 5.61. The Kier molecular flexibility index (Phi) is 6.48. The zero-order chi connectivity index (χ0) is 16.7. The van der Waals surface area contributed by atoms with E-state index in [2.05, 4.69) is 11.4 Å². The second kappa shape index (κ2) is 8.59. The molecule has 6 heteroatoms. The summed E-state index contributed by atoms with van der Waals surface area (Å²) in [6.07, 6.45) is 1.98. The van der Waals surface area contributed by atoms with Gasteiger partial charge in [0.25, 0.3) is 0 Å². The number of rotatable bonds is 7. The molecule has 5 nitrogen and oxygen atoms in total. The second-order valence-electron chi connectivity index (χ2n) is 5.65. The topological polar surface area (TPSA) is 73.2 Å². The van der Waals surface area contributed by atoms with Gasteiger partial charge in [0.15, 0.2) is 0 Å². The summed E-state index contributed by atoms with van der Waals surface area (Å²) in [5.74, 6) is 0.875. The van der Waals surface area contributed by atoms with Gasteiger partial charge in [0.2, 0.25) is 11.8 Å². The summed E-state index contributed by atoms with van der Waals surface area (Å²) in [6.45, 7) is 3.32. The average Bonchev–Trinajstić information content (AvgIpc) is 2.93. The maximum Gasteiger partial charge on any atom is 0.222 e. The number of likely N-dealkylation sites (tertiary alicyclic amines) is 1. The number of nitriles is 1. The fraction of sp³-hybridized carbons (Fsp3) is 0.471. The highest BCUT2D eigenvalue weighted by atomic mass is 32.2. The number of nitrogens with one attached hydrogen (secondary N) is 1. The summed E-state index contributed by atoms with van der Waals surface area (Å²) < 4.78 is 0. The number of hydrogen-bond donors (Lipinski definition) is 1. The largest absolute Gasteiger partial charge is 0.352 e. The van der Waals surface area contributed by atoms with Gasteiger partial charge in [-0.1, -0.05) is 0 Å². The van der Waals surface area contributed by atoms with Gasteiger partial charge in [-0.25, -0.2) is 0 Å². The lowest BCUT2D eigenvalue weighted by Gasteiger charge is -2.21. The van der Waals surface area contributed by atoms with E-state index in [9.17, 15) is 9.59 Å². The highest BCUT2D eigenvalue weighted by Gasteiger charge is 2.22. The van der Waals surface area contributed by atoms with Crippen LogP contribution in [0.2, 0.25) is 0 Å². The predicted molar refractivity (Wildman–Crippen MR) is 89.9 cm³/mol. The van der Waals surface area contributed by atoms with Gasteiger partial charge in [0.05, 0.1) is 11.6 Å². The van der Waals surface area contributed by atoms with E-state index in [1.807, 2.05) is 24.0 Å². The molecule has 1 aliphatic heterocycles. The standard InChI is InChI=1S/C17H21N3O2S/c1-13(12-20-9-2-3-17(20)22)19-16(21)8-10-23-15-6-4-14(11-18)5-7-15/h4-7,13H,2-3,8-10,12H2,1H3,(H,19,21)/t13-/m1/s1. The first kappa shape index (κ1) is 17.4. The predicted octanol–water partition coefficient (Wildman–Crippen LogP) is 2.17. The molecule has 0 radical (unpaired) electrons. The van der Waals surface area contributed by atoms with E-state index >= 15 is 0 Å². The van der Waals surface area contributed by atoms with Crippen molar-refractivity contribution in [2.75, 3.05) is 18.8 Å². The van der Waals surface area contributed by atoms with Crippen molar-refractivity contribution in [3.8, 4) is 6.07 Å². The number of carbonyl (C=O) groups excluding carboxylic acids is 2. The van der Waals surface area contributed by atoms with E-state index in [4.69, 9.17) is 5.26 Å². The minimum atomic E-state index is -0.0236. The van der Waals surface area contributed by atoms with E-state index in [1.54, 1.807) is 23.9 Å². The number of hydrogen-bond acceptors (Lipinski definition) is 4. The molecule has 0 bridgehead atoms. The molecule has 1 fully saturated rings. The molecule has 0 spiro atoms. The maximum atomic E-state index is 11.9. The van der Waals surface area contributed by atoms with Crippen LogP contribution in [0.5, 0.6) is 0 Å². The maximum absolute atomic E-state index is 11.9. The summed E-state index contributed by atoms with van der Waals surface area (Å²) in [5, 5.41) is 11.7. The van der Waals surface area contributed by atoms with Gasteiger partial charge in [-0.3, -0.25) is 9.59 Å². The molecule has 0 saturated carbocycles. The quantitative estimate of drug-likeness (QED) is 0.777. The van der Waals surface area contributed by atoms with Crippen molar-refractivity contribution >= 4 is 23.6 Å². The van der Waals surface area contributed by atoms with Crippen LogP contribution in [0.3, 0.4) is 0 Å². The molecular formula is C17H21N3O2S. The highest BCUT2D eigenvalue weighted by Crippen LogP contribution is 2.19. The molecule has 2 amide bonds. The van der Waals surface area contributed by atoms with E-state index in [-0.39, 0.29) is 17.9 Å². The zero-order valence-corrected chi connectivity index (χ0v) is 14.1. The van der Waals surface area contributed by atoms with Gasteiger partial charge in [-0.05, 0) is 37.6 Å². The molecule has 1 aliphatic rings. The van der Waals surface area contributed by atoms with Crippen LogP contribution in [-0.4, -0.2) is 41.6 Å². The molecule has 1 N–H and O–H groups in total. The average molecular weight is 331 g/mol. The van der Waals surface area contributed by atoms with Crippen LogP contribution < -0.4 is 5.32 Å². The molecular weight excluding hydrogens is 310 g/mol. The Morgan fingerprint density at radius 2 is 2.17 bits per heavy atom. The van der Waals surface area contributed by atoms with Gasteiger partial charge in [0, 0.05) is 42.6 Å². The second-order valence-corrected chi connectivity index (χ2v) is 6.81. The van der Waals surface area contributed by atoms with Gasteiger partial charge in [-0.2, -0.15) is 5.26 Å². The summed E-state index contributed by atoms with van der Waals surface area (Å²) in [5.41, 5.74) is 0.636. The van der Waals surface area contributed by atoms with Crippen molar-refractivity contribution in [2.45, 2.75) is 37.1 Å². The number of benzene rings is 1. The molecule has 1 heterocycles. The third-order valence-corrected chi connectivity index (χ3v) is 4.67. The van der Waals surface area contributed by atoms with Gasteiger partial charge in [-0.15, -0.1) is 11.8 Å². The Morgan fingerprint density at radius 3 is 2.78 bits per heavy atom. The summed E-state index contributed by atoms with van der Waals surface area (Å²) in [6, 6.07) is 9.39. The fourth-order valence-corrected chi connectivity index (χ4v) is 3.36. The lowest BCUT2D eigenvalue weighted by molar-refractivity contribution is -0.129. The minimum Gasteiger partial charge on any atom is -0.352 e. The molecule has 0 aromatic heterocycles. The monoisotopic (exact) mass is 331 g/mol. The Hall–Kier alpha value is -2.00. The summed E-state index contributed by atoms with van der Waals surface area (Å²) in [7, 11) is 0. The third-order valence-electron chi connectivity index (χ3n) is 3.65. The van der Waals surface area contributed by atoms with E-state index in [0.29, 0.717) is 30.7 Å². The molecule has 122 valence electrons. The van der Waals surface area contributed by atoms with Crippen LogP contribution in [-0.2, 0) is 9.59 Å². The van der Waals surface area contributed by atoms with Crippen LogP contribution in [0.25, 0.3) is 0 Å². The molecule has 2 rings (SSSR count). The summed E-state index contributed by atoms with van der Waals surface area (Å²) >= 11 is 1.59. The van der Waals surface area contributed by atoms with Crippen LogP contribution in [0.1, 0.15) is 31.7 Å². The molecule has 23 heavy (non-hydrogen) atoms. The van der Waals surface area contributed by atoms with E-state index < -0.39 is 0 Å². The zero-order valence-electron chi connectivity index (χ0n) is 13.2. The fourth-order valence-electron chi connectivity index (χ4n) is 2.51. The molecule has 1 saturated heterocycles. The van der Waals surface area contributed by atoms with Crippen LogP contribution in [0.15, 0.2) is 29.2 Å². The Labute approximate surface area is 141 Å². The van der Waals surface area contributed by atoms with Gasteiger partial charge in [0.1, 0.15) is 0 Å². The van der Waals surface area contributed by atoms with Crippen molar-refractivity contribution < 1.29 is 9.59 Å². The first-order valence-corrected chi connectivity index (χ1v) is 8.77. The van der Waals surface area contributed by atoms with Gasteiger partial charge >= 0.3 is 0 Å². The van der Waals surface area contributed by atoms with Crippen molar-refractivity contribution in [3.05, 3.63) is 29.8 Å². The van der Waals surface area contributed by atoms with Crippen LogP contribution in [0, 0.1) is 11.3 Å². The normalized spacial score (nSPS) is 15.3. The first-order chi connectivity index (χ1) is 11.1. The van der Waals surface area contributed by atoms with Gasteiger partial charge < -0.3 is 10.2 Å². The van der Waals surface area contributed by atoms with Crippen molar-refractivity contribution in [1.82, 2.24) is 10.2 Å². The smallest absolute Gasteiger partial charge is 0.222 e. The summed E-state index contributed by atoms with van der Waals surface area (Å²) in [4.78, 5) is 26.4. The molecule has 1 atom stereocenters. The van der Waals surface area contributed by atoms with E-state index in [1.165, 1.54) is 0 Å². The SMILES string of the molecule is C[C@H](CN1CCCC1=O)NC(=O)CCSc1ccc(C#N)cc1. The first-order valence-electron chi connectivity index (χ1n) is 7.78. The van der Waals surface area contributed by atoms with Crippen molar-refractivity contribution in [3.63, 3.8) is 0 Å². The number of nitrogens with zero attached hydrogens (tertiary/aromatic N) is 2. The Morgan fingerprint density at radius 1 is 1.43 bits per heavy atom. The van der Waals surface area contributed by atoms with Crippen LogP contribution >= 0.6 is 11.8 Å². The lowest BCUT2D eigenvalue weighted by Crippen LogP contribution is -2.42. The number of amides is 2. The number of carbonyl (C=O) groups is 2.